The van der Waals surface area contributed by atoms with Crippen molar-refractivity contribution in [1.29, 1.82) is 0 Å². The van der Waals surface area contributed by atoms with Gasteiger partial charge in [-0.25, -0.2) is 0 Å². The molecule has 0 spiro atoms. The summed E-state index contributed by atoms with van der Waals surface area (Å²) in [4.78, 5) is 1.61. The van der Waals surface area contributed by atoms with Gasteiger partial charge >= 0.3 is 0 Å². The number of hydrogen-bond acceptors (Lipinski definition) is 3. The second-order valence-electron chi connectivity index (χ2n) is 5.18. The zero-order valence-electron chi connectivity index (χ0n) is 9.61. The minimum Gasteiger partial charge on any atom is -0.271 e. The molecule has 2 atom stereocenters. The SMILES string of the molecule is NNC(C1CCC1)C1CCCc2sccc21. The molecule has 2 aliphatic carbocycles. The summed E-state index contributed by atoms with van der Waals surface area (Å²) < 4.78 is 0. The Kier molecular flexibility index (Phi) is 3.01. The summed E-state index contributed by atoms with van der Waals surface area (Å²) >= 11 is 1.93. The number of nitrogens with one attached hydrogen (secondary N) is 1. The number of hydrazine groups is 1. The highest BCUT2D eigenvalue weighted by Gasteiger charge is 2.35. The van der Waals surface area contributed by atoms with Gasteiger partial charge in [-0.05, 0) is 55.0 Å². The Labute approximate surface area is 101 Å². The maximum Gasteiger partial charge on any atom is 0.0307 e. The summed E-state index contributed by atoms with van der Waals surface area (Å²) in [5, 5.41) is 2.25. The van der Waals surface area contributed by atoms with Gasteiger partial charge in [0.1, 0.15) is 0 Å². The van der Waals surface area contributed by atoms with E-state index in [1.807, 2.05) is 11.3 Å². The van der Waals surface area contributed by atoms with E-state index in [9.17, 15) is 0 Å². The van der Waals surface area contributed by atoms with Crippen LogP contribution in [0.4, 0.5) is 0 Å². The molecule has 0 aliphatic heterocycles. The second kappa shape index (κ2) is 4.47. The van der Waals surface area contributed by atoms with Crippen LogP contribution in [0, 0.1) is 5.92 Å². The van der Waals surface area contributed by atoms with E-state index in [0.717, 1.165) is 5.92 Å². The lowest BCUT2D eigenvalue weighted by Gasteiger charge is -2.39. The third-order valence-corrected chi connectivity index (χ3v) is 5.38. The maximum absolute atomic E-state index is 5.79. The van der Waals surface area contributed by atoms with Gasteiger partial charge in [0.15, 0.2) is 0 Å². The van der Waals surface area contributed by atoms with Crippen molar-refractivity contribution in [3.63, 3.8) is 0 Å². The Bertz CT molecular complexity index is 357. The first-order valence-electron chi connectivity index (χ1n) is 6.42. The van der Waals surface area contributed by atoms with Gasteiger partial charge in [-0.1, -0.05) is 6.42 Å². The summed E-state index contributed by atoms with van der Waals surface area (Å²) in [6.07, 6.45) is 8.06. The Morgan fingerprint density at radius 3 is 2.88 bits per heavy atom. The number of hydrogen-bond donors (Lipinski definition) is 2. The van der Waals surface area contributed by atoms with Crippen molar-refractivity contribution in [2.75, 3.05) is 0 Å². The first-order chi connectivity index (χ1) is 7.90. The Morgan fingerprint density at radius 1 is 1.31 bits per heavy atom. The molecular weight excluding hydrogens is 216 g/mol. The predicted octanol–water partition coefficient (Wildman–Crippen LogP) is 2.80. The number of aryl methyl sites for hydroxylation is 1. The lowest BCUT2D eigenvalue weighted by Crippen LogP contribution is -2.47. The average Bonchev–Trinajstić information content (AvgIpc) is 2.70. The summed E-state index contributed by atoms with van der Waals surface area (Å²) in [6.45, 7) is 0. The molecule has 1 aromatic heterocycles. The third kappa shape index (κ3) is 1.71. The monoisotopic (exact) mass is 236 g/mol. The van der Waals surface area contributed by atoms with Crippen LogP contribution in [0.5, 0.6) is 0 Å². The molecule has 3 N–H and O–H groups in total. The molecular formula is C13H20N2S. The maximum atomic E-state index is 5.79. The zero-order valence-corrected chi connectivity index (χ0v) is 10.4. The van der Waals surface area contributed by atoms with E-state index in [1.165, 1.54) is 38.5 Å². The van der Waals surface area contributed by atoms with Crippen molar-refractivity contribution >= 4 is 11.3 Å². The third-order valence-electron chi connectivity index (χ3n) is 4.38. The lowest BCUT2D eigenvalue weighted by molar-refractivity contribution is 0.195. The van der Waals surface area contributed by atoms with Gasteiger partial charge in [0.25, 0.3) is 0 Å². The molecule has 1 heterocycles. The van der Waals surface area contributed by atoms with Crippen LogP contribution >= 0.6 is 11.3 Å². The Morgan fingerprint density at radius 2 is 2.19 bits per heavy atom. The van der Waals surface area contributed by atoms with Crippen LogP contribution in [0.25, 0.3) is 0 Å². The first-order valence-corrected chi connectivity index (χ1v) is 7.30. The van der Waals surface area contributed by atoms with Crippen LogP contribution in [0.2, 0.25) is 0 Å². The molecule has 88 valence electrons. The van der Waals surface area contributed by atoms with Crippen LogP contribution in [-0.4, -0.2) is 6.04 Å². The van der Waals surface area contributed by atoms with Gasteiger partial charge in [0, 0.05) is 16.8 Å². The van der Waals surface area contributed by atoms with Crippen LogP contribution in [-0.2, 0) is 6.42 Å². The van der Waals surface area contributed by atoms with Crippen molar-refractivity contribution in [3.8, 4) is 0 Å². The summed E-state index contributed by atoms with van der Waals surface area (Å²) in [5.41, 5.74) is 4.70. The summed E-state index contributed by atoms with van der Waals surface area (Å²) in [5.74, 6) is 7.29. The first kappa shape index (κ1) is 10.8. The van der Waals surface area contributed by atoms with Gasteiger partial charge in [0.2, 0.25) is 0 Å². The quantitative estimate of drug-likeness (QED) is 0.625. The van der Waals surface area contributed by atoms with E-state index >= 15 is 0 Å². The highest BCUT2D eigenvalue weighted by molar-refractivity contribution is 7.10. The molecule has 0 amide bonds. The van der Waals surface area contributed by atoms with Crippen LogP contribution < -0.4 is 11.3 Å². The number of rotatable bonds is 3. The lowest BCUT2D eigenvalue weighted by atomic mass is 9.70. The van der Waals surface area contributed by atoms with Crippen molar-refractivity contribution in [3.05, 3.63) is 21.9 Å². The van der Waals surface area contributed by atoms with Crippen molar-refractivity contribution in [2.24, 2.45) is 11.8 Å². The van der Waals surface area contributed by atoms with Gasteiger partial charge < -0.3 is 0 Å². The van der Waals surface area contributed by atoms with E-state index < -0.39 is 0 Å². The van der Waals surface area contributed by atoms with Crippen molar-refractivity contribution in [2.45, 2.75) is 50.5 Å². The molecule has 2 nitrogen and oxygen atoms in total. The molecule has 2 aliphatic rings. The molecule has 0 aromatic carbocycles. The molecule has 16 heavy (non-hydrogen) atoms. The molecule has 1 aromatic rings. The molecule has 3 rings (SSSR count). The van der Waals surface area contributed by atoms with E-state index in [2.05, 4.69) is 16.9 Å². The highest BCUT2D eigenvalue weighted by atomic mass is 32.1. The molecule has 0 saturated heterocycles. The summed E-state index contributed by atoms with van der Waals surface area (Å²) in [7, 11) is 0. The fraction of sp³-hybridized carbons (Fsp3) is 0.692. The average molecular weight is 236 g/mol. The predicted molar refractivity (Wildman–Crippen MR) is 68.5 cm³/mol. The van der Waals surface area contributed by atoms with Crippen LogP contribution in [0.1, 0.15) is 48.5 Å². The smallest absolute Gasteiger partial charge is 0.0307 e. The molecule has 0 bridgehead atoms. The fourth-order valence-electron chi connectivity index (χ4n) is 3.27. The Balaban J connectivity index is 1.84. The topological polar surface area (TPSA) is 38.0 Å². The van der Waals surface area contributed by atoms with E-state index in [0.29, 0.717) is 12.0 Å². The zero-order chi connectivity index (χ0) is 11.0. The normalized spacial score (nSPS) is 27.2. The second-order valence-corrected chi connectivity index (χ2v) is 6.18. The van der Waals surface area contributed by atoms with Crippen LogP contribution in [0.3, 0.4) is 0 Å². The van der Waals surface area contributed by atoms with Crippen LogP contribution in [0.15, 0.2) is 11.4 Å². The van der Waals surface area contributed by atoms with Gasteiger partial charge in [0.05, 0.1) is 0 Å². The van der Waals surface area contributed by atoms with Crippen molar-refractivity contribution < 1.29 is 0 Å². The minimum atomic E-state index is 0.516. The summed E-state index contributed by atoms with van der Waals surface area (Å²) in [6, 6.07) is 2.84. The number of nitrogens with two attached hydrogens (primary N) is 1. The fourth-order valence-corrected chi connectivity index (χ4v) is 4.27. The number of thiophene rings is 1. The van der Waals surface area contributed by atoms with Crippen molar-refractivity contribution in [1.82, 2.24) is 5.43 Å². The van der Waals surface area contributed by atoms with Gasteiger partial charge in [-0.2, -0.15) is 0 Å². The molecule has 1 fully saturated rings. The highest BCUT2D eigenvalue weighted by Crippen LogP contribution is 2.42. The Hall–Kier alpha value is -0.380. The molecule has 2 unspecified atom stereocenters. The van der Waals surface area contributed by atoms with E-state index in [1.54, 1.807) is 10.4 Å². The number of fused-ring (bicyclic) bond motifs is 1. The molecule has 0 radical (unpaired) electrons. The van der Waals surface area contributed by atoms with Gasteiger partial charge in [-0.15, -0.1) is 11.3 Å². The molecule has 3 heteroatoms. The standard InChI is InChI=1S/C13H20N2S/c14-15-13(9-3-1-4-9)11-5-2-6-12-10(11)7-8-16-12/h7-9,11,13,15H,1-6,14H2. The van der Waals surface area contributed by atoms with E-state index in [-0.39, 0.29) is 0 Å². The largest absolute Gasteiger partial charge is 0.271 e. The van der Waals surface area contributed by atoms with E-state index in [4.69, 9.17) is 5.84 Å². The minimum absolute atomic E-state index is 0.516. The van der Waals surface area contributed by atoms with Gasteiger partial charge in [-0.3, -0.25) is 11.3 Å². The molecule has 1 saturated carbocycles.